The monoisotopic (exact) mass is 301 g/mol. The molecule has 1 aromatic rings. The zero-order chi connectivity index (χ0) is 16.1. The highest BCUT2D eigenvalue weighted by atomic mass is 19.4. The van der Waals surface area contributed by atoms with E-state index in [2.05, 4.69) is 9.47 Å². The number of alkyl halides is 3. The SMILES string of the molecule is CC[C@@H](C#N)OC(=O)[C@@](OC)(c1ccccc1)C(F)(F)F. The third-order valence-corrected chi connectivity index (χ3v) is 2.94. The number of hydrogen-bond donors (Lipinski definition) is 0. The highest BCUT2D eigenvalue weighted by molar-refractivity contribution is 5.83. The minimum atomic E-state index is -5.03. The molecule has 2 atom stereocenters. The van der Waals surface area contributed by atoms with Gasteiger partial charge < -0.3 is 9.47 Å². The van der Waals surface area contributed by atoms with Gasteiger partial charge in [-0.2, -0.15) is 18.4 Å². The van der Waals surface area contributed by atoms with Crippen LogP contribution in [-0.4, -0.2) is 25.4 Å². The number of methoxy groups -OCH3 is 1. The van der Waals surface area contributed by atoms with E-state index in [0.717, 1.165) is 19.2 Å². The van der Waals surface area contributed by atoms with Crippen molar-refractivity contribution >= 4 is 5.97 Å². The maximum absolute atomic E-state index is 13.5. The number of nitriles is 1. The topological polar surface area (TPSA) is 59.3 Å². The van der Waals surface area contributed by atoms with E-state index in [0.29, 0.717) is 0 Å². The average molecular weight is 301 g/mol. The predicted octanol–water partition coefficient (Wildman–Crippen LogP) is 2.94. The lowest BCUT2D eigenvalue weighted by Crippen LogP contribution is -2.52. The molecule has 0 unspecified atom stereocenters. The Hall–Kier alpha value is -2.07. The molecule has 0 N–H and O–H groups in total. The highest BCUT2D eigenvalue weighted by Gasteiger charge is 2.64. The molecule has 1 rings (SSSR count). The third-order valence-electron chi connectivity index (χ3n) is 2.94. The van der Waals surface area contributed by atoms with Gasteiger partial charge in [0.05, 0.1) is 0 Å². The first-order valence-corrected chi connectivity index (χ1v) is 6.11. The highest BCUT2D eigenvalue weighted by Crippen LogP contribution is 2.43. The van der Waals surface area contributed by atoms with Crippen molar-refractivity contribution in [2.24, 2.45) is 0 Å². The van der Waals surface area contributed by atoms with Crippen LogP contribution in [0.15, 0.2) is 30.3 Å². The standard InChI is InChI=1S/C14H14F3NO3/c1-3-11(9-18)21-12(19)13(20-2,14(15,16)17)10-7-5-4-6-8-10/h4-8,11H,3H2,1-2H3/t11-,13-/m0/s1. The first-order valence-electron chi connectivity index (χ1n) is 6.11. The molecule has 114 valence electrons. The summed E-state index contributed by atoms with van der Waals surface area (Å²) in [6, 6.07) is 8.06. The Kier molecular flexibility index (Phi) is 5.33. The fourth-order valence-corrected chi connectivity index (χ4v) is 1.80. The number of rotatable bonds is 5. The van der Waals surface area contributed by atoms with Gasteiger partial charge in [0.25, 0.3) is 5.60 Å². The van der Waals surface area contributed by atoms with E-state index < -0.39 is 29.4 Å². The van der Waals surface area contributed by atoms with E-state index in [1.807, 2.05) is 0 Å². The second kappa shape index (κ2) is 6.59. The molecule has 0 aliphatic carbocycles. The largest absolute Gasteiger partial charge is 0.444 e. The molecule has 21 heavy (non-hydrogen) atoms. The molecule has 0 radical (unpaired) electrons. The van der Waals surface area contributed by atoms with Crippen molar-refractivity contribution in [3.05, 3.63) is 35.9 Å². The van der Waals surface area contributed by atoms with Gasteiger partial charge in [-0.3, -0.25) is 0 Å². The van der Waals surface area contributed by atoms with Crippen LogP contribution in [-0.2, 0) is 19.9 Å². The van der Waals surface area contributed by atoms with Gasteiger partial charge in [-0.1, -0.05) is 37.3 Å². The summed E-state index contributed by atoms with van der Waals surface area (Å²) in [4.78, 5) is 12.1. The second-order valence-electron chi connectivity index (χ2n) is 4.18. The number of benzene rings is 1. The van der Waals surface area contributed by atoms with Crippen LogP contribution < -0.4 is 0 Å². The molecule has 0 aliphatic heterocycles. The average Bonchev–Trinajstić information content (AvgIpc) is 2.45. The second-order valence-corrected chi connectivity index (χ2v) is 4.18. The molecule has 0 aliphatic rings. The summed E-state index contributed by atoms with van der Waals surface area (Å²) in [6.07, 6.45) is -6.22. The van der Waals surface area contributed by atoms with Crippen molar-refractivity contribution in [2.45, 2.75) is 31.2 Å². The Morgan fingerprint density at radius 3 is 2.29 bits per heavy atom. The molecule has 0 fully saturated rings. The predicted molar refractivity (Wildman–Crippen MR) is 67.0 cm³/mol. The van der Waals surface area contributed by atoms with Crippen LogP contribution in [0, 0.1) is 11.3 Å². The molecule has 0 heterocycles. The van der Waals surface area contributed by atoms with E-state index in [1.54, 1.807) is 6.07 Å². The smallest absolute Gasteiger partial charge is 0.432 e. The normalized spacial score (nSPS) is 15.6. The number of ether oxygens (including phenoxy) is 2. The number of esters is 1. The number of nitrogens with zero attached hydrogens (tertiary/aromatic N) is 1. The number of halogens is 3. The summed E-state index contributed by atoms with van der Waals surface area (Å²) in [5.74, 6) is -1.66. The summed E-state index contributed by atoms with van der Waals surface area (Å²) in [6.45, 7) is 1.52. The first kappa shape index (κ1) is 17.0. The van der Waals surface area contributed by atoms with Crippen molar-refractivity contribution in [2.75, 3.05) is 7.11 Å². The van der Waals surface area contributed by atoms with Crippen LogP contribution in [0.1, 0.15) is 18.9 Å². The molecule has 1 aromatic carbocycles. The molecule has 0 saturated heterocycles. The van der Waals surface area contributed by atoms with Crippen LogP contribution in [0.3, 0.4) is 0 Å². The minimum Gasteiger partial charge on any atom is -0.444 e. The Morgan fingerprint density at radius 2 is 1.90 bits per heavy atom. The van der Waals surface area contributed by atoms with Gasteiger partial charge in [-0.15, -0.1) is 0 Å². The fraction of sp³-hybridized carbons (Fsp3) is 0.429. The maximum Gasteiger partial charge on any atom is 0.432 e. The lowest BCUT2D eigenvalue weighted by atomic mass is 9.92. The quantitative estimate of drug-likeness (QED) is 0.785. The van der Waals surface area contributed by atoms with Crippen LogP contribution in [0.5, 0.6) is 0 Å². The van der Waals surface area contributed by atoms with Crippen molar-refractivity contribution in [1.29, 1.82) is 5.26 Å². The van der Waals surface area contributed by atoms with E-state index in [9.17, 15) is 18.0 Å². The summed E-state index contributed by atoms with van der Waals surface area (Å²) >= 11 is 0. The van der Waals surface area contributed by atoms with Crippen LogP contribution >= 0.6 is 0 Å². The number of carbonyl (C=O) groups excluding carboxylic acids is 1. The molecular weight excluding hydrogens is 287 g/mol. The number of carbonyl (C=O) groups is 1. The van der Waals surface area contributed by atoms with Crippen LogP contribution in [0.4, 0.5) is 13.2 Å². The maximum atomic E-state index is 13.5. The molecule has 7 heteroatoms. The zero-order valence-electron chi connectivity index (χ0n) is 11.5. The molecule has 0 amide bonds. The summed E-state index contributed by atoms with van der Waals surface area (Å²) < 4.78 is 49.6. The van der Waals surface area contributed by atoms with Gasteiger partial charge >= 0.3 is 12.1 Å². The Labute approximate surface area is 120 Å². The van der Waals surface area contributed by atoms with Crippen molar-refractivity contribution < 1.29 is 27.4 Å². The zero-order valence-corrected chi connectivity index (χ0v) is 11.5. The number of hydrogen-bond acceptors (Lipinski definition) is 4. The van der Waals surface area contributed by atoms with Crippen LogP contribution in [0.2, 0.25) is 0 Å². The summed E-state index contributed by atoms with van der Waals surface area (Å²) in [5.41, 5.74) is -3.66. The van der Waals surface area contributed by atoms with Crippen LogP contribution in [0.25, 0.3) is 0 Å². The van der Waals surface area contributed by atoms with Gasteiger partial charge in [0.1, 0.15) is 6.07 Å². The molecule has 0 aromatic heterocycles. The van der Waals surface area contributed by atoms with Gasteiger partial charge in [0.15, 0.2) is 6.10 Å². The lowest BCUT2D eigenvalue weighted by molar-refractivity contribution is -0.277. The Balaban J connectivity index is 3.33. The molecule has 0 saturated carbocycles. The van der Waals surface area contributed by atoms with E-state index >= 15 is 0 Å². The minimum absolute atomic E-state index is 0.0781. The lowest BCUT2D eigenvalue weighted by Gasteiger charge is -2.32. The summed E-state index contributed by atoms with van der Waals surface area (Å²) in [7, 11) is 0.773. The fourth-order valence-electron chi connectivity index (χ4n) is 1.80. The van der Waals surface area contributed by atoms with Crippen molar-refractivity contribution in [1.82, 2.24) is 0 Å². The third kappa shape index (κ3) is 3.16. The Morgan fingerprint density at radius 1 is 1.33 bits per heavy atom. The first-order chi connectivity index (χ1) is 9.83. The summed E-state index contributed by atoms with van der Waals surface area (Å²) in [5, 5.41) is 8.74. The van der Waals surface area contributed by atoms with Gasteiger partial charge in [0.2, 0.25) is 0 Å². The van der Waals surface area contributed by atoms with Crippen molar-refractivity contribution in [3.8, 4) is 6.07 Å². The molecule has 0 spiro atoms. The van der Waals surface area contributed by atoms with Crippen molar-refractivity contribution in [3.63, 3.8) is 0 Å². The Bertz CT molecular complexity index is 525. The molecule has 0 bridgehead atoms. The molecular formula is C14H14F3NO3. The van der Waals surface area contributed by atoms with E-state index in [4.69, 9.17) is 5.26 Å². The van der Waals surface area contributed by atoms with E-state index in [-0.39, 0.29) is 6.42 Å². The van der Waals surface area contributed by atoms with Gasteiger partial charge in [-0.05, 0) is 6.42 Å². The van der Waals surface area contributed by atoms with Gasteiger partial charge in [-0.25, -0.2) is 4.79 Å². The molecule has 4 nitrogen and oxygen atoms in total. The van der Waals surface area contributed by atoms with E-state index in [1.165, 1.54) is 25.1 Å². The van der Waals surface area contributed by atoms with Gasteiger partial charge in [0, 0.05) is 12.7 Å².